The molecule has 0 heterocycles. The van der Waals surface area contributed by atoms with Crippen LogP contribution in [0.2, 0.25) is 0 Å². The maximum atomic E-state index is 11.6. The Bertz CT molecular complexity index is 322. The number of hydrogen-bond acceptors (Lipinski definition) is 5. The number of unbranched alkanes of at least 4 members (excludes halogenated alkanes) is 1. The molecule has 0 saturated carbocycles. The van der Waals surface area contributed by atoms with Crippen LogP contribution < -0.4 is 0 Å². The summed E-state index contributed by atoms with van der Waals surface area (Å²) >= 11 is 0. The molecule has 0 aromatic carbocycles. The SMILES string of the molecule is CCCCC(C(=O)O)C(C)(OOC(C)(C)C)OOC(C)(C)C. The number of aliphatic carboxylic acids is 1. The van der Waals surface area contributed by atoms with Gasteiger partial charge in [-0.15, -0.1) is 0 Å². The van der Waals surface area contributed by atoms with E-state index in [0.29, 0.717) is 6.42 Å². The van der Waals surface area contributed by atoms with Crippen molar-refractivity contribution >= 4 is 5.97 Å². The molecule has 0 radical (unpaired) electrons. The van der Waals surface area contributed by atoms with Gasteiger partial charge in [0.2, 0.25) is 5.79 Å². The predicted molar refractivity (Wildman–Crippen MR) is 82.9 cm³/mol. The molecule has 0 bridgehead atoms. The highest BCUT2D eigenvalue weighted by Crippen LogP contribution is 2.32. The molecule has 0 rings (SSSR count). The lowest BCUT2D eigenvalue weighted by Crippen LogP contribution is -2.47. The minimum Gasteiger partial charge on any atom is -0.481 e. The number of rotatable bonds is 9. The molecule has 1 N–H and O–H groups in total. The van der Waals surface area contributed by atoms with Crippen LogP contribution in [-0.4, -0.2) is 28.1 Å². The van der Waals surface area contributed by atoms with Gasteiger partial charge in [0.25, 0.3) is 0 Å². The Labute approximate surface area is 133 Å². The Balaban J connectivity index is 5.19. The first kappa shape index (κ1) is 21.3. The molecule has 0 aliphatic rings. The third-order valence-electron chi connectivity index (χ3n) is 2.69. The van der Waals surface area contributed by atoms with Gasteiger partial charge in [0.1, 0.15) is 5.92 Å². The first-order valence-corrected chi connectivity index (χ1v) is 7.77. The van der Waals surface area contributed by atoms with Crippen LogP contribution in [0.25, 0.3) is 0 Å². The van der Waals surface area contributed by atoms with Gasteiger partial charge < -0.3 is 5.11 Å². The molecule has 1 unspecified atom stereocenters. The van der Waals surface area contributed by atoms with E-state index in [1.165, 1.54) is 6.92 Å². The van der Waals surface area contributed by atoms with E-state index in [2.05, 4.69) is 0 Å². The summed E-state index contributed by atoms with van der Waals surface area (Å²) in [5.41, 5.74) is -1.19. The maximum Gasteiger partial charge on any atom is 0.312 e. The summed E-state index contributed by atoms with van der Waals surface area (Å²) in [7, 11) is 0. The predicted octanol–water partition coefficient (Wildman–Crippen LogP) is 4.09. The average Bonchev–Trinajstić information content (AvgIpc) is 2.33. The van der Waals surface area contributed by atoms with E-state index in [9.17, 15) is 9.90 Å². The van der Waals surface area contributed by atoms with E-state index in [-0.39, 0.29) is 0 Å². The van der Waals surface area contributed by atoms with Crippen LogP contribution in [0.1, 0.15) is 74.7 Å². The molecule has 0 aromatic heterocycles. The van der Waals surface area contributed by atoms with Crippen molar-refractivity contribution < 1.29 is 29.5 Å². The van der Waals surface area contributed by atoms with Gasteiger partial charge in [0.15, 0.2) is 0 Å². The van der Waals surface area contributed by atoms with Crippen molar-refractivity contribution in [1.82, 2.24) is 0 Å². The Morgan fingerprint density at radius 1 is 0.909 bits per heavy atom. The van der Waals surface area contributed by atoms with E-state index < -0.39 is 28.9 Å². The van der Waals surface area contributed by atoms with E-state index >= 15 is 0 Å². The standard InChI is InChI=1S/C16H32O6/c1-9-10-11-12(13(17)18)16(8,21-19-14(2,3)4)22-20-15(5,6)7/h12H,9-11H2,1-8H3,(H,17,18). The molecule has 0 amide bonds. The maximum absolute atomic E-state index is 11.6. The van der Waals surface area contributed by atoms with E-state index in [1.54, 1.807) is 41.5 Å². The molecule has 0 fully saturated rings. The third-order valence-corrected chi connectivity index (χ3v) is 2.69. The lowest BCUT2D eigenvalue weighted by Gasteiger charge is -2.36. The largest absolute Gasteiger partial charge is 0.481 e. The monoisotopic (exact) mass is 320 g/mol. The van der Waals surface area contributed by atoms with Crippen molar-refractivity contribution in [2.75, 3.05) is 0 Å². The molecule has 0 aliphatic carbocycles. The zero-order valence-corrected chi connectivity index (χ0v) is 15.2. The normalized spacial score (nSPS) is 14.9. The number of carbonyl (C=O) groups is 1. The summed E-state index contributed by atoms with van der Waals surface area (Å²) in [5, 5.41) is 9.52. The van der Waals surface area contributed by atoms with Crippen LogP contribution in [0, 0.1) is 5.92 Å². The average molecular weight is 320 g/mol. The number of carboxylic acids is 1. The Hall–Kier alpha value is -0.690. The van der Waals surface area contributed by atoms with E-state index in [0.717, 1.165) is 12.8 Å². The van der Waals surface area contributed by atoms with Crippen molar-refractivity contribution in [3.8, 4) is 0 Å². The van der Waals surface area contributed by atoms with Crippen molar-refractivity contribution in [3.63, 3.8) is 0 Å². The molecule has 0 aromatic rings. The molecule has 6 heteroatoms. The van der Waals surface area contributed by atoms with Crippen molar-refractivity contribution in [3.05, 3.63) is 0 Å². The lowest BCUT2D eigenvalue weighted by atomic mass is 9.94. The van der Waals surface area contributed by atoms with E-state index in [1.807, 2.05) is 6.92 Å². The minimum atomic E-state index is -1.54. The van der Waals surface area contributed by atoms with Gasteiger partial charge in [-0.05, 0) is 54.9 Å². The van der Waals surface area contributed by atoms with Crippen molar-refractivity contribution in [1.29, 1.82) is 0 Å². The summed E-state index contributed by atoms with van der Waals surface area (Å²) in [6.45, 7) is 14.4. The highest BCUT2D eigenvalue weighted by molar-refractivity contribution is 5.71. The van der Waals surface area contributed by atoms with Crippen LogP contribution in [0.15, 0.2) is 0 Å². The molecule has 0 aliphatic heterocycles. The van der Waals surface area contributed by atoms with Crippen LogP contribution in [-0.2, 0) is 24.3 Å². The van der Waals surface area contributed by atoms with Crippen LogP contribution in [0.3, 0.4) is 0 Å². The van der Waals surface area contributed by atoms with Gasteiger partial charge in [-0.2, -0.15) is 9.78 Å². The molecule has 0 saturated heterocycles. The lowest BCUT2D eigenvalue weighted by molar-refractivity contribution is -0.544. The highest BCUT2D eigenvalue weighted by Gasteiger charge is 2.45. The molecule has 6 nitrogen and oxygen atoms in total. The highest BCUT2D eigenvalue weighted by atomic mass is 17.3. The zero-order chi connectivity index (χ0) is 17.6. The van der Waals surface area contributed by atoms with Gasteiger partial charge in [-0.1, -0.05) is 19.8 Å². The second-order valence-corrected chi connectivity index (χ2v) is 7.61. The smallest absolute Gasteiger partial charge is 0.312 e. The van der Waals surface area contributed by atoms with Crippen LogP contribution in [0.4, 0.5) is 0 Å². The first-order valence-electron chi connectivity index (χ1n) is 7.77. The van der Waals surface area contributed by atoms with Crippen molar-refractivity contribution in [2.24, 2.45) is 5.92 Å². The summed E-state index contributed by atoms with van der Waals surface area (Å²) < 4.78 is 0. The summed E-state index contributed by atoms with van der Waals surface area (Å²) in [5.74, 6) is -3.45. The fraction of sp³-hybridized carbons (Fsp3) is 0.938. The zero-order valence-electron chi connectivity index (χ0n) is 15.2. The number of hydrogen-bond donors (Lipinski definition) is 1. The Morgan fingerprint density at radius 2 is 1.32 bits per heavy atom. The van der Waals surface area contributed by atoms with Gasteiger partial charge in [-0.25, -0.2) is 9.78 Å². The summed E-state index contributed by atoms with van der Waals surface area (Å²) in [6, 6.07) is 0. The molecule has 22 heavy (non-hydrogen) atoms. The van der Waals surface area contributed by atoms with Gasteiger partial charge in [0, 0.05) is 0 Å². The Morgan fingerprint density at radius 3 is 1.59 bits per heavy atom. The van der Waals surface area contributed by atoms with Crippen molar-refractivity contribution in [2.45, 2.75) is 91.6 Å². The van der Waals surface area contributed by atoms with E-state index in [4.69, 9.17) is 19.6 Å². The third kappa shape index (κ3) is 8.68. The quantitative estimate of drug-likeness (QED) is 0.392. The molecule has 1 atom stereocenters. The second kappa shape index (κ2) is 8.24. The Kier molecular flexibility index (Phi) is 7.98. The summed E-state index contributed by atoms with van der Waals surface area (Å²) in [6.07, 6.45) is 2.02. The molecular formula is C16H32O6. The number of carboxylic acid groups (broad SMARTS) is 1. The van der Waals surface area contributed by atoms with Crippen LogP contribution >= 0.6 is 0 Å². The topological polar surface area (TPSA) is 74.2 Å². The van der Waals surface area contributed by atoms with Gasteiger partial charge in [-0.3, -0.25) is 4.79 Å². The molecule has 132 valence electrons. The molecular weight excluding hydrogens is 288 g/mol. The second-order valence-electron chi connectivity index (χ2n) is 7.61. The fourth-order valence-corrected chi connectivity index (χ4v) is 1.56. The van der Waals surface area contributed by atoms with Crippen LogP contribution in [0.5, 0.6) is 0 Å². The van der Waals surface area contributed by atoms with Gasteiger partial charge >= 0.3 is 5.97 Å². The first-order chi connectivity index (χ1) is 9.81. The summed E-state index contributed by atoms with van der Waals surface area (Å²) in [4.78, 5) is 33.0. The fourth-order valence-electron chi connectivity index (χ4n) is 1.56. The molecule has 0 spiro atoms. The minimum absolute atomic E-state index is 0.406. The van der Waals surface area contributed by atoms with Gasteiger partial charge in [0.05, 0.1) is 11.2 Å².